The molecule has 0 radical (unpaired) electrons. The average Bonchev–Trinajstić information content (AvgIpc) is 2.34. The number of carbonyl (C=O) groups excluding carboxylic acids is 1. The highest BCUT2D eigenvalue weighted by molar-refractivity contribution is 6.34. The van der Waals surface area contributed by atoms with Gasteiger partial charge in [-0.25, -0.2) is 0 Å². The molecule has 0 bridgehead atoms. The van der Waals surface area contributed by atoms with Gasteiger partial charge < -0.3 is 10.0 Å². The first-order valence-electron chi connectivity index (χ1n) is 5.24. The summed E-state index contributed by atoms with van der Waals surface area (Å²) < 4.78 is 0. The summed E-state index contributed by atoms with van der Waals surface area (Å²) in [6, 6.07) is 3.91. The van der Waals surface area contributed by atoms with Gasteiger partial charge in [-0.3, -0.25) is 19.7 Å². The van der Waals surface area contributed by atoms with Gasteiger partial charge in [0, 0.05) is 19.7 Å². The zero-order chi connectivity index (χ0) is 14.6. The van der Waals surface area contributed by atoms with Gasteiger partial charge in [0.05, 0.1) is 16.4 Å². The van der Waals surface area contributed by atoms with Gasteiger partial charge in [-0.1, -0.05) is 17.7 Å². The lowest BCUT2D eigenvalue weighted by atomic mass is 10.1. The van der Waals surface area contributed by atoms with Crippen LogP contribution in [0.25, 0.3) is 0 Å². The first-order valence-corrected chi connectivity index (χ1v) is 5.62. The van der Waals surface area contributed by atoms with Crippen molar-refractivity contribution >= 4 is 29.2 Å². The largest absolute Gasteiger partial charge is 0.481 e. The Morgan fingerprint density at radius 3 is 2.63 bits per heavy atom. The van der Waals surface area contributed by atoms with E-state index in [-0.39, 0.29) is 23.6 Å². The number of hydrogen-bond acceptors (Lipinski definition) is 4. The van der Waals surface area contributed by atoms with E-state index in [1.54, 1.807) is 0 Å². The fraction of sp³-hybridized carbons (Fsp3) is 0.273. The molecule has 19 heavy (non-hydrogen) atoms. The van der Waals surface area contributed by atoms with Crippen molar-refractivity contribution in [1.82, 2.24) is 4.90 Å². The van der Waals surface area contributed by atoms with E-state index in [0.29, 0.717) is 0 Å². The fourth-order valence-electron chi connectivity index (χ4n) is 1.43. The van der Waals surface area contributed by atoms with Gasteiger partial charge in [-0.15, -0.1) is 0 Å². The number of nitro benzene ring substituents is 1. The van der Waals surface area contributed by atoms with E-state index in [1.165, 1.54) is 25.2 Å². The van der Waals surface area contributed by atoms with Crippen molar-refractivity contribution in [1.29, 1.82) is 0 Å². The van der Waals surface area contributed by atoms with Gasteiger partial charge in [-0.2, -0.15) is 0 Å². The van der Waals surface area contributed by atoms with Crippen LogP contribution in [0.4, 0.5) is 5.69 Å². The third-order valence-electron chi connectivity index (χ3n) is 2.41. The Balaban J connectivity index is 3.05. The van der Waals surface area contributed by atoms with Gasteiger partial charge in [0.2, 0.25) is 0 Å². The van der Waals surface area contributed by atoms with Crippen molar-refractivity contribution in [3.05, 3.63) is 38.9 Å². The molecule has 0 unspecified atom stereocenters. The number of aliphatic carboxylic acids is 1. The predicted molar refractivity (Wildman–Crippen MR) is 67.3 cm³/mol. The summed E-state index contributed by atoms with van der Waals surface area (Å²) in [5.41, 5.74) is -0.637. The lowest BCUT2D eigenvalue weighted by Crippen LogP contribution is -2.29. The van der Waals surface area contributed by atoms with Gasteiger partial charge in [0.15, 0.2) is 0 Å². The van der Waals surface area contributed by atoms with E-state index in [2.05, 4.69) is 0 Å². The number of carboxylic acid groups (broad SMARTS) is 1. The number of halogens is 1. The summed E-state index contributed by atoms with van der Waals surface area (Å²) in [6.45, 7) is -0.0590. The second kappa shape index (κ2) is 6.14. The monoisotopic (exact) mass is 286 g/mol. The Bertz CT molecular complexity index is 532. The first-order chi connectivity index (χ1) is 8.84. The van der Waals surface area contributed by atoms with Crippen LogP contribution in [0.2, 0.25) is 5.02 Å². The van der Waals surface area contributed by atoms with Gasteiger partial charge in [0.1, 0.15) is 5.56 Å². The molecule has 0 fully saturated rings. The highest BCUT2D eigenvalue weighted by atomic mass is 35.5. The van der Waals surface area contributed by atoms with E-state index in [4.69, 9.17) is 16.7 Å². The molecule has 1 aromatic rings. The lowest BCUT2D eigenvalue weighted by molar-refractivity contribution is -0.385. The molecule has 102 valence electrons. The van der Waals surface area contributed by atoms with Crippen LogP contribution in [0, 0.1) is 10.1 Å². The second-order valence-electron chi connectivity index (χ2n) is 3.76. The van der Waals surface area contributed by atoms with Crippen molar-refractivity contribution in [2.45, 2.75) is 6.42 Å². The molecule has 0 aliphatic rings. The Morgan fingerprint density at radius 2 is 2.11 bits per heavy atom. The maximum absolute atomic E-state index is 12.0. The molecule has 0 aromatic heterocycles. The molecular formula is C11H11ClN2O5. The number of rotatable bonds is 5. The number of hydrogen-bond donors (Lipinski definition) is 1. The van der Waals surface area contributed by atoms with Crippen LogP contribution in [-0.2, 0) is 4.79 Å². The normalized spacial score (nSPS) is 10.0. The minimum Gasteiger partial charge on any atom is -0.481 e. The van der Waals surface area contributed by atoms with Crippen LogP contribution in [0.1, 0.15) is 16.8 Å². The molecule has 0 saturated heterocycles. The van der Waals surface area contributed by atoms with Gasteiger partial charge in [0.25, 0.3) is 11.6 Å². The molecule has 1 amide bonds. The summed E-state index contributed by atoms with van der Waals surface area (Å²) >= 11 is 5.81. The summed E-state index contributed by atoms with van der Waals surface area (Å²) in [5, 5.41) is 19.3. The van der Waals surface area contributed by atoms with Crippen molar-refractivity contribution in [2.24, 2.45) is 0 Å². The van der Waals surface area contributed by atoms with E-state index >= 15 is 0 Å². The zero-order valence-electron chi connectivity index (χ0n) is 10.00. The van der Waals surface area contributed by atoms with Crippen LogP contribution in [0.15, 0.2) is 18.2 Å². The number of carboxylic acids is 1. The maximum Gasteiger partial charge on any atom is 0.305 e. The van der Waals surface area contributed by atoms with Crippen molar-refractivity contribution in [3.63, 3.8) is 0 Å². The molecule has 0 atom stereocenters. The van der Waals surface area contributed by atoms with E-state index in [9.17, 15) is 19.7 Å². The van der Waals surface area contributed by atoms with E-state index in [0.717, 1.165) is 4.90 Å². The molecule has 0 aliphatic heterocycles. The third-order valence-corrected chi connectivity index (χ3v) is 2.72. The second-order valence-corrected chi connectivity index (χ2v) is 4.17. The Hall–Kier alpha value is -2.15. The summed E-state index contributed by atoms with van der Waals surface area (Å²) in [7, 11) is 1.36. The van der Waals surface area contributed by atoms with Crippen LogP contribution in [0.3, 0.4) is 0 Å². The molecule has 8 heteroatoms. The van der Waals surface area contributed by atoms with Gasteiger partial charge >= 0.3 is 5.97 Å². The number of carbonyl (C=O) groups is 2. The first kappa shape index (κ1) is 14.9. The lowest BCUT2D eigenvalue weighted by Gasteiger charge is -2.16. The molecule has 1 N–H and O–H groups in total. The minimum absolute atomic E-state index is 0.0404. The van der Waals surface area contributed by atoms with Crippen molar-refractivity contribution in [3.8, 4) is 0 Å². The molecule has 0 heterocycles. The Morgan fingerprint density at radius 1 is 1.47 bits per heavy atom. The number of amides is 1. The van der Waals surface area contributed by atoms with E-state index < -0.39 is 22.5 Å². The molecule has 7 nitrogen and oxygen atoms in total. The molecular weight excluding hydrogens is 276 g/mol. The summed E-state index contributed by atoms with van der Waals surface area (Å²) in [6.07, 6.45) is -0.250. The smallest absolute Gasteiger partial charge is 0.305 e. The van der Waals surface area contributed by atoms with Crippen LogP contribution in [-0.4, -0.2) is 40.4 Å². The van der Waals surface area contributed by atoms with E-state index in [1.807, 2.05) is 0 Å². The number of benzene rings is 1. The standard InChI is InChI=1S/C11H11ClN2O5/c1-13(6-5-9(15)16)11(17)10-7(12)3-2-4-8(10)14(18)19/h2-4H,5-6H2,1H3,(H,15,16). The maximum atomic E-state index is 12.0. The van der Waals surface area contributed by atoms with Crippen LogP contribution < -0.4 is 0 Å². The fourth-order valence-corrected chi connectivity index (χ4v) is 1.68. The summed E-state index contributed by atoms with van der Waals surface area (Å²) in [4.78, 5) is 33.7. The predicted octanol–water partition coefficient (Wildman–Crippen LogP) is 1.79. The molecule has 0 aliphatic carbocycles. The number of nitrogens with zero attached hydrogens (tertiary/aromatic N) is 2. The quantitative estimate of drug-likeness (QED) is 0.657. The van der Waals surface area contributed by atoms with Crippen LogP contribution in [0.5, 0.6) is 0 Å². The molecule has 0 spiro atoms. The minimum atomic E-state index is -1.06. The van der Waals surface area contributed by atoms with Crippen molar-refractivity contribution in [2.75, 3.05) is 13.6 Å². The third kappa shape index (κ3) is 3.65. The number of nitro groups is 1. The Kier molecular flexibility index (Phi) is 4.82. The van der Waals surface area contributed by atoms with Gasteiger partial charge in [-0.05, 0) is 6.07 Å². The topological polar surface area (TPSA) is 101 Å². The highest BCUT2D eigenvalue weighted by Crippen LogP contribution is 2.27. The average molecular weight is 287 g/mol. The Labute approximate surface area is 113 Å². The van der Waals surface area contributed by atoms with Crippen molar-refractivity contribution < 1.29 is 19.6 Å². The summed E-state index contributed by atoms with van der Waals surface area (Å²) in [5.74, 6) is -1.74. The zero-order valence-corrected chi connectivity index (χ0v) is 10.8. The molecule has 0 saturated carbocycles. The highest BCUT2D eigenvalue weighted by Gasteiger charge is 2.25. The molecule has 1 aromatic carbocycles. The van der Waals surface area contributed by atoms with Crippen LogP contribution >= 0.6 is 11.6 Å². The SMILES string of the molecule is CN(CCC(=O)O)C(=O)c1c(Cl)cccc1[N+](=O)[O-]. The molecule has 1 rings (SSSR count).